The molecular formula is C13H17N3O4S. The van der Waals surface area contributed by atoms with Gasteiger partial charge in [0.15, 0.2) is 4.90 Å². The monoisotopic (exact) mass is 311 g/mol. The Balaban J connectivity index is 2.00. The fourth-order valence-electron chi connectivity index (χ4n) is 3.47. The zero-order valence-electron chi connectivity index (χ0n) is 11.4. The van der Waals surface area contributed by atoms with E-state index in [1.165, 1.54) is 22.5 Å². The highest BCUT2D eigenvalue weighted by molar-refractivity contribution is 7.89. The maximum Gasteiger partial charge on any atom is 0.312 e. The molecule has 0 bridgehead atoms. The summed E-state index contributed by atoms with van der Waals surface area (Å²) < 4.78 is 26.8. The van der Waals surface area contributed by atoms with Crippen LogP contribution in [0, 0.1) is 22.0 Å². The molecule has 2 atom stereocenters. The van der Waals surface area contributed by atoms with E-state index < -0.39 is 20.6 Å². The molecule has 0 spiro atoms. The van der Waals surface area contributed by atoms with Gasteiger partial charge in [-0.15, -0.1) is 0 Å². The average Bonchev–Trinajstić information content (AvgIpc) is 2.98. The number of fused-ring (bicyclic) bond motifs is 1. The van der Waals surface area contributed by atoms with E-state index in [2.05, 4.69) is 0 Å². The number of nitro benzene ring substituents is 1. The molecule has 1 aliphatic heterocycles. The van der Waals surface area contributed by atoms with Crippen LogP contribution in [0.2, 0.25) is 0 Å². The fourth-order valence-corrected chi connectivity index (χ4v) is 5.21. The second kappa shape index (κ2) is 4.96. The first-order valence-corrected chi connectivity index (χ1v) is 8.38. The van der Waals surface area contributed by atoms with Gasteiger partial charge >= 0.3 is 5.69 Å². The van der Waals surface area contributed by atoms with Crippen LogP contribution < -0.4 is 5.73 Å². The summed E-state index contributed by atoms with van der Waals surface area (Å²) in [6, 6.07) is 4.04. The van der Waals surface area contributed by atoms with Gasteiger partial charge in [0.25, 0.3) is 0 Å². The van der Waals surface area contributed by atoms with E-state index in [9.17, 15) is 18.5 Å². The third-order valence-corrected chi connectivity index (χ3v) is 6.39. The molecule has 2 N–H and O–H groups in total. The van der Waals surface area contributed by atoms with Gasteiger partial charge in [0, 0.05) is 13.1 Å². The lowest BCUT2D eigenvalue weighted by molar-refractivity contribution is -0.386. The second-order valence-electron chi connectivity index (χ2n) is 5.72. The summed E-state index contributed by atoms with van der Waals surface area (Å²) in [6.07, 6.45) is 3.22. The highest BCUT2D eigenvalue weighted by Crippen LogP contribution is 2.41. The number of nitrogens with zero attached hydrogens (tertiary/aromatic N) is 2. The average molecular weight is 311 g/mol. The SMILES string of the molecule is Nc1cccc(S(=O)(=O)N2CC3CCCC3C2)c1[N+](=O)[O-]. The highest BCUT2D eigenvalue weighted by Gasteiger charge is 2.43. The van der Waals surface area contributed by atoms with E-state index in [0.717, 1.165) is 19.3 Å². The zero-order chi connectivity index (χ0) is 15.2. The number of hydrogen-bond donors (Lipinski definition) is 1. The molecule has 21 heavy (non-hydrogen) atoms. The lowest BCUT2D eigenvalue weighted by Crippen LogP contribution is -2.30. The Morgan fingerprint density at radius 1 is 1.24 bits per heavy atom. The molecule has 8 heteroatoms. The predicted octanol–water partition coefficient (Wildman–Crippen LogP) is 1.60. The van der Waals surface area contributed by atoms with Crippen molar-refractivity contribution in [2.45, 2.75) is 24.2 Å². The smallest absolute Gasteiger partial charge is 0.312 e. The number of anilines is 1. The van der Waals surface area contributed by atoms with Crippen LogP contribution in [0.5, 0.6) is 0 Å². The maximum atomic E-state index is 12.7. The van der Waals surface area contributed by atoms with Crippen molar-refractivity contribution in [3.05, 3.63) is 28.3 Å². The second-order valence-corrected chi connectivity index (χ2v) is 7.63. The van der Waals surface area contributed by atoms with Crippen molar-refractivity contribution in [2.24, 2.45) is 11.8 Å². The molecule has 1 saturated heterocycles. The van der Waals surface area contributed by atoms with E-state index in [1.54, 1.807) is 0 Å². The van der Waals surface area contributed by atoms with Crippen molar-refractivity contribution in [2.75, 3.05) is 18.8 Å². The Labute approximate surface area is 122 Å². The molecule has 0 amide bonds. The van der Waals surface area contributed by atoms with E-state index in [-0.39, 0.29) is 10.6 Å². The molecule has 1 aromatic rings. The van der Waals surface area contributed by atoms with Gasteiger partial charge in [-0.3, -0.25) is 10.1 Å². The fraction of sp³-hybridized carbons (Fsp3) is 0.538. The molecule has 114 valence electrons. The van der Waals surface area contributed by atoms with Gasteiger partial charge in [0.05, 0.1) is 4.92 Å². The molecule has 1 aromatic carbocycles. The summed E-state index contributed by atoms with van der Waals surface area (Å²) in [7, 11) is -3.87. The maximum absolute atomic E-state index is 12.7. The third kappa shape index (κ3) is 2.28. The molecule has 0 aromatic heterocycles. The number of nitro groups is 1. The van der Waals surface area contributed by atoms with Gasteiger partial charge in [-0.2, -0.15) is 4.31 Å². The molecule has 0 radical (unpaired) electrons. The third-order valence-electron chi connectivity index (χ3n) is 4.52. The van der Waals surface area contributed by atoms with Gasteiger partial charge in [-0.1, -0.05) is 12.5 Å². The number of nitrogen functional groups attached to an aromatic ring is 1. The van der Waals surface area contributed by atoms with Crippen LogP contribution >= 0.6 is 0 Å². The number of benzene rings is 1. The summed E-state index contributed by atoms with van der Waals surface area (Å²) in [5, 5.41) is 11.1. The molecule has 2 fully saturated rings. The van der Waals surface area contributed by atoms with E-state index in [1.807, 2.05) is 0 Å². The first-order chi connectivity index (χ1) is 9.91. The zero-order valence-corrected chi connectivity index (χ0v) is 12.3. The van der Waals surface area contributed by atoms with E-state index in [4.69, 9.17) is 5.73 Å². The molecule has 1 heterocycles. The topological polar surface area (TPSA) is 107 Å². The standard InChI is InChI=1S/C13H17N3O4S/c14-11-5-2-6-12(13(11)16(17)18)21(19,20)15-7-9-3-1-4-10(9)8-15/h2,5-6,9-10H,1,3-4,7-8,14H2. The summed E-state index contributed by atoms with van der Waals surface area (Å²) in [4.78, 5) is 10.1. The largest absolute Gasteiger partial charge is 0.393 e. The van der Waals surface area contributed by atoms with Crippen molar-refractivity contribution >= 4 is 21.4 Å². The van der Waals surface area contributed by atoms with Crippen molar-refractivity contribution < 1.29 is 13.3 Å². The minimum atomic E-state index is -3.87. The van der Waals surface area contributed by atoms with Crippen LogP contribution in [-0.4, -0.2) is 30.7 Å². The quantitative estimate of drug-likeness (QED) is 0.518. The minimum absolute atomic E-state index is 0.125. The molecule has 1 aliphatic carbocycles. The molecule has 3 rings (SSSR count). The molecule has 2 unspecified atom stereocenters. The van der Waals surface area contributed by atoms with Gasteiger partial charge in [-0.05, 0) is 36.8 Å². The number of rotatable bonds is 3. The van der Waals surface area contributed by atoms with Crippen LogP contribution in [0.3, 0.4) is 0 Å². The molecule has 7 nitrogen and oxygen atoms in total. The van der Waals surface area contributed by atoms with Crippen molar-refractivity contribution in [3.8, 4) is 0 Å². The Kier molecular flexibility index (Phi) is 3.37. The Morgan fingerprint density at radius 3 is 2.43 bits per heavy atom. The minimum Gasteiger partial charge on any atom is -0.393 e. The molecular weight excluding hydrogens is 294 g/mol. The van der Waals surface area contributed by atoms with Crippen molar-refractivity contribution in [1.82, 2.24) is 4.31 Å². The lowest BCUT2D eigenvalue weighted by Gasteiger charge is -2.17. The number of hydrogen-bond acceptors (Lipinski definition) is 5. The van der Waals surface area contributed by atoms with Gasteiger partial charge in [0.2, 0.25) is 10.0 Å². The van der Waals surface area contributed by atoms with Crippen LogP contribution in [-0.2, 0) is 10.0 Å². The lowest BCUT2D eigenvalue weighted by atomic mass is 10.0. The molecule has 1 saturated carbocycles. The summed E-state index contributed by atoms with van der Waals surface area (Å²) in [5.41, 5.74) is 4.94. The van der Waals surface area contributed by atoms with Crippen LogP contribution in [0.25, 0.3) is 0 Å². The Hall–Kier alpha value is -1.67. The number of para-hydroxylation sites is 1. The summed E-state index contributed by atoms with van der Waals surface area (Å²) in [6.45, 7) is 0.915. The van der Waals surface area contributed by atoms with Crippen molar-refractivity contribution in [1.29, 1.82) is 0 Å². The van der Waals surface area contributed by atoms with E-state index in [0.29, 0.717) is 24.9 Å². The van der Waals surface area contributed by atoms with Crippen LogP contribution in [0.15, 0.2) is 23.1 Å². The van der Waals surface area contributed by atoms with Gasteiger partial charge < -0.3 is 5.73 Å². The summed E-state index contributed by atoms with van der Waals surface area (Å²) >= 11 is 0. The van der Waals surface area contributed by atoms with Crippen LogP contribution in [0.1, 0.15) is 19.3 Å². The Morgan fingerprint density at radius 2 is 1.86 bits per heavy atom. The number of nitrogens with two attached hydrogens (primary N) is 1. The highest BCUT2D eigenvalue weighted by atomic mass is 32.2. The Bertz CT molecular complexity index is 677. The predicted molar refractivity (Wildman–Crippen MR) is 77.1 cm³/mol. The number of sulfonamides is 1. The normalized spacial score (nSPS) is 25.9. The van der Waals surface area contributed by atoms with Crippen LogP contribution in [0.4, 0.5) is 11.4 Å². The van der Waals surface area contributed by atoms with E-state index >= 15 is 0 Å². The molecule has 2 aliphatic rings. The first kappa shape index (κ1) is 14.3. The van der Waals surface area contributed by atoms with Crippen molar-refractivity contribution in [3.63, 3.8) is 0 Å². The summed E-state index contributed by atoms with van der Waals surface area (Å²) in [5.74, 6) is 0.778. The van der Waals surface area contributed by atoms with Gasteiger partial charge in [-0.25, -0.2) is 8.42 Å². The van der Waals surface area contributed by atoms with Gasteiger partial charge in [0.1, 0.15) is 5.69 Å². The first-order valence-electron chi connectivity index (χ1n) is 6.94.